The number of cyclic esters (lactones) is 1. The number of amides is 1. The van der Waals surface area contributed by atoms with Gasteiger partial charge in [0.15, 0.2) is 0 Å². The van der Waals surface area contributed by atoms with Crippen molar-refractivity contribution >= 4 is 22.8 Å². The fourth-order valence-electron chi connectivity index (χ4n) is 6.62. The summed E-state index contributed by atoms with van der Waals surface area (Å²) in [7, 11) is 1.85. The van der Waals surface area contributed by atoms with Crippen molar-refractivity contribution < 1.29 is 18.7 Å². The number of rotatable bonds is 5. The molecule has 1 aromatic carbocycles. The number of fused-ring (bicyclic) bond motifs is 5. The first-order valence-corrected chi connectivity index (χ1v) is 13.6. The molecule has 2 aromatic heterocycles. The second kappa shape index (κ2) is 9.03. The van der Waals surface area contributed by atoms with Gasteiger partial charge < -0.3 is 14.2 Å². The van der Waals surface area contributed by atoms with E-state index in [4.69, 9.17) is 9.72 Å². The molecule has 8 heteroatoms. The normalized spacial score (nSPS) is 19.1. The Bertz CT molecular complexity index is 1590. The highest BCUT2D eigenvalue weighted by Crippen LogP contribution is 2.47. The number of unbranched alkanes of at least 4 members (excludes halogenated alkanes) is 1. The summed E-state index contributed by atoms with van der Waals surface area (Å²) in [4.78, 5) is 46.1. The quantitative estimate of drug-likeness (QED) is 0.346. The lowest BCUT2D eigenvalue weighted by Crippen LogP contribution is -2.34. The van der Waals surface area contributed by atoms with E-state index in [2.05, 4.69) is 6.92 Å². The number of pyridine rings is 2. The minimum absolute atomic E-state index is 0.0335. The Balaban J connectivity index is 1.61. The Kier molecular flexibility index (Phi) is 5.89. The third-order valence-electron chi connectivity index (χ3n) is 8.77. The Hall–Kier alpha value is -3.55. The molecule has 0 N–H and O–H groups in total. The molecule has 0 radical (unpaired) electrons. The van der Waals surface area contributed by atoms with Crippen molar-refractivity contribution in [1.29, 1.82) is 0 Å². The molecule has 3 aromatic rings. The highest BCUT2D eigenvalue weighted by atomic mass is 19.1. The van der Waals surface area contributed by atoms with Gasteiger partial charge >= 0.3 is 5.97 Å². The van der Waals surface area contributed by atoms with Gasteiger partial charge in [0.25, 0.3) is 5.56 Å². The Morgan fingerprint density at radius 1 is 1.21 bits per heavy atom. The molecule has 0 saturated heterocycles. The van der Waals surface area contributed by atoms with Crippen LogP contribution in [0.3, 0.4) is 0 Å². The monoisotopic (exact) mass is 517 g/mol. The number of aryl methyl sites for hydroxylation is 1. The van der Waals surface area contributed by atoms with Crippen LogP contribution in [0.2, 0.25) is 0 Å². The summed E-state index contributed by atoms with van der Waals surface area (Å²) in [5.74, 6) is -1.03. The molecule has 4 heterocycles. The zero-order chi connectivity index (χ0) is 26.9. The fourth-order valence-corrected chi connectivity index (χ4v) is 6.62. The number of benzene rings is 1. The van der Waals surface area contributed by atoms with Gasteiger partial charge in [0.1, 0.15) is 12.4 Å². The van der Waals surface area contributed by atoms with Gasteiger partial charge in [-0.1, -0.05) is 20.3 Å². The average molecular weight is 518 g/mol. The van der Waals surface area contributed by atoms with Crippen LogP contribution >= 0.6 is 0 Å². The van der Waals surface area contributed by atoms with E-state index in [1.54, 1.807) is 11.5 Å². The van der Waals surface area contributed by atoms with Gasteiger partial charge in [0.05, 0.1) is 41.0 Å². The molecule has 0 fully saturated rings. The summed E-state index contributed by atoms with van der Waals surface area (Å²) < 4.78 is 22.1. The lowest BCUT2D eigenvalue weighted by atomic mass is 9.81. The first kappa shape index (κ1) is 24.8. The molecular formula is C30H32FN3O4. The van der Waals surface area contributed by atoms with E-state index in [-0.39, 0.29) is 35.9 Å². The summed E-state index contributed by atoms with van der Waals surface area (Å²) in [6.07, 6.45) is 4.11. The van der Waals surface area contributed by atoms with Crippen LogP contribution in [0.5, 0.6) is 0 Å². The van der Waals surface area contributed by atoms with Crippen molar-refractivity contribution in [2.24, 2.45) is 0 Å². The molecule has 0 saturated carbocycles. The van der Waals surface area contributed by atoms with E-state index in [0.29, 0.717) is 65.8 Å². The number of hydrogen-bond donors (Lipinski definition) is 0. The molecule has 0 bridgehead atoms. The summed E-state index contributed by atoms with van der Waals surface area (Å²) in [6, 6.07) is 3.19. The van der Waals surface area contributed by atoms with Crippen LogP contribution in [-0.4, -0.2) is 33.4 Å². The smallest absolute Gasteiger partial charge is 0.313 e. The molecule has 0 spiro atoms. The average Bonchev–Trinajstić information content (AvgIpc) is 3.28. The summed E-state index contributed by atoms with van der Waals surface area (Å²) in [6.45, 7) is 6.05. The largest absolute Gasteiger partial charge is 0.460 e. The topological polar surface area (TPSA) is 81.5 Å². The molecule has 2 unspecified atom stereocenters. The van der Waals surface area contributed by atoms with E-state index in [0.717, 1.165) is 34.9 Å². The lowest BCUT2D eigenvalue weighted by Gasteiger charge is -2.35. The maximum Gasteiger partial charge on any atom is 0.313 e. The number of esters is 1. The minimum atomic E-state index is -0.498. The standard InChI is InChI=1S/C30H32FN3O4/c1-5-7-8-25(35)33(4)23-10-9-17-15(3)21(31)12-22-26(17)27(23)19-13-34-24(28(19)32-22)11-18-16(6-2)30(37)38-14-20(18)29(34)36/h11-12,16,23H,5-10,13-14H2,1-4H3. The first-order valence-electron chi connectivity index (χ1n) is 13.6. The van der Waals surface area contributed by atoms with Gasteiger partial charge in [0.2, 0.25) is 5.91 Å². The first-order chi connectivity index (χ1) is 18.3. The molecule has 1 aliphatic carbocycles. The van der Waals surface area contributed by atoms with Crippen molar-refractivity contribution in [2.75, 3.05) is 7.05 Å². The molecule has 198 valence electrons. The zero-order valence-electron chi connectivity index (χ0n) is 22.3. The number of ether oxygens (including phenoxy) is 1. The van der Waals surface area contributed by atoms with Crippen molar-refractivity contribution in [3.8, 4) is 11.4 Å². The van der Waals surface area contributed by atoms with E-state index in [1.807, 2.05) is 24.9 Å². The van der Waals surface area contributed by atoms with Crippen molar-refractivity contribution in [3.63, 3.8) is 0 Å². The maximum atomic E-state index is 15.0. The summed E-state index contributed by atoms with van der Waals surface area (Å²) >= 11 is 0. The third-order valence-corrected chi connectivity index (χ3v) is 8.77. The van der Waals surface area contributed by atoms with E-state index >= 15 is 4.39 Å². The number of nitrogens with zero attached hydrogens (tertiary/aromatic N) is 3. The van der Waals surface area contributed by atoms with Gasteiger partial charge in [0, 0.05) is 30.5 Å². The SMILES string of the molecule is CCCCC(=O)N(C)C1CCc2c(C)c(F)cc3nc4c(c1c23)Cn1c-4cc2c(c1=O)COC(=O)C2CC. The molecule has 7 nitrogen and oxygen atoms in total. The zero-order valence-corrected chi connectivity index (χ0v) is 22.3. The molecule has 2 aliphatic heterocycles. The van der Waals surface area contributed by atoms with Gasteiger partial charge in [-0.05, 0) is 60.9 Å². The Morgan fingerprint density at radius 2 is 2.00 bits per heavy atom. The fraction of sp³-hybridized carbons (Fsp3) is 0.467. The second-order valence-electron chi connectivity index (χ2n) is 10.8. The number of hydrogen-bond acceptors (Lipinski definition) is 5. The van der Waals surface area contributed by atoms with Crippen molar-refractivity contribution in [1.82, 2.24) is 14.5 Å². The van der Waals surface area contributed by atoms with Gasteiger partial charge in [-0.15, -0.1) is 0 Å². The Labute approximate surface area is 220 Å². The van der Waals surface area contributed by atoms with Crippen molar-refractivity contribution in [2.45, 2.75) is 84.4 Å². The van der Waals surface area contributed by atoms with Crippen LogP contribution in [0.4, 0.5) is 4.39 Å². The van der Waals surface area contributed by atoms with Crippen molar-refractivity contribution in [3.05, 3.63) is 61.7 Å². The minimum Gasteiger partial charge on any atom is -0.460 e. The molecule has 38 heavy (non-hydrogen) atoms. The molecular weight excluding hydrogens is 485 g/mol. The van der Waals surface area contributed by atoms with Crippen LogP contribution < -0.4 is 5.56 Å². The number of halogens is 1. The highest BCUT2D eigenvalue weighted by Gasteiger charge is 2.38. The molecule has 2 atom stereocenters. The van der Waals surface area contributed by atoms with Crippen LogP contribution in [0.1, 0.15) is 91.3 Å². The van der Waals surface area contributed by atoms with Crippen LogP contribution in [0, 0.1) is 12.7 Å². The Morgan fingerprint density at radius 3 is 2.74 bits per heavy atom. The molecule has 6 rings (SSSR count). The van der Waals surface area contributed by atoms with E-state index in [9.17, 15) is 14.4 Å². The van der Waals surface area contributed by atoms with Gasteiger partial charge in [-0.25, -0.2) is 9.37 Å². The van der Waals surface area contributed by atoms with Crippen LogP contribution in [0.15, 0.2) is 16.9 Å². The van der Waals surface area contributed by atoms with Gasteiger partial charge in [-0.2, -0.15) is 0 Å². The highest BCUT2D eigenvalue weighted by molar-refractivity contribution is 5.93. The number of carbonyl (C=O) groups excluding carboxylic acids is 2. The number of aromatic nitrogens is 2. The molecule has 3 aliphatic rings. The van der Waals surface area contributed by atoms with Crippen LogP contribution in [0.25, 0.3) is 22.3 Å². The lowest BCUT2D eigenvalue weighted by molar-refractivity contribution is -0.148. The van der Waals surface area contributed by atoms with Crippen LogP contribution in [-0.2, 0) is 33.9 Å². The molecule has 1 amide bonds. The van der Waals surface area contributed by atoms with E-state index in [1.165, 1.54) is 6.07 Å². The summed E-state index contributed by atoms with van der Waals surface area (Å²) in [5, 5.41) is 0.907. The predicted molar refractivity (Wildman–Crippen MR) is 141 cm³/mol. The third kappa shape index (κ3) is 3.45. The number of carbonyl (C=O) groups is 2. The van der Waals surface area contributed by atoms with Gasteiger partial charge in [-0.3, -0.25) is 14.4 Å². The maximum absolute atomic E-state index is 15.0. The predicted octanol–water partition coefficient (Wildman–Crippen LogP) is 5.06. The summed E-state index contributed by atoms with van der Waals surface area (Å²) in [5.41, 5.74) is 6.28. The second-order valence-corrected chi connectivity index (χ2v) is 10.8. The van der Waals surface area contributed by atoms with E-state index < -0.39 is 5.92 Å².